The van der Waals surface area contributed by atoms with E-state index in [1.807, 2.05) is 0 Å². The molecule has 4 amide bonds. The minimum absolute atomic E-state index is 0.112. The van der Waals surface area contributed by atoms with E-state index < -0.39 is 12.1 Å². The minimum Gasteiger partial charge on any atom is -0.350 e. The van der Waals surface area contributed by atoms with Gasteiger partial charge in [0.05, 0.1) is 10.0 Å². The second-order valence-corrected chi connectivity index (χ2v) is 5.79. The molecule has 2 aromatic rings. The van der Waals surface area contributed by atoms with Crippen molar-refractivity contribution in [1.29, 1.82) is 0 Å². The molecule has 0 fully saturated rings. The first-order valence-corrected chi connectivity index (χ1v) is 7.47. The maximum absolute atomic E-state index is 11.5. The van der Waals surface area contributed by atoms with Crippen LogP contribution in [-0.4, -0.2) is 22.0 Å². The number of carbonyl (C=O) groups excluding carboxylic acids is 2. The number of anilines is 2. The Balaban J connectivity index is 2.74. The molecule has 13 heteroatoms. The SMILES string of the molecule is NC(=O)N(N)c1ncc(-c2cc(Cl)cc(Cl)c2Cl)c(N(N)C(N)=O)n1. The van der Waals surface area contributed by atoms with Crippen molar-refractivity contribution in [3.63, 3.8) is 0 Å². The molecule has 10 nitrogen and oxygen atoms in total. The molecule has 132 valence electrons. The van der Waals surface area contributed by atoms with Gasteiger partial charge in [-0.1, -0.05) is 34.8 Å². The van der Waals surface area contributed by atoms with E-state index in [2.05, 4.69) is 9.97 Å². The largest absolute Gasteiger partial charge is 0.350 e. The first-order chi connectivity index (χ1) is 11.6. The van der Waals surface area contributed by atoms with E-state index in [-0.39, 0.29) is 38.0 Å². The van der Waals surface area contributed by atoms with Crippen molar-refractivity contribution in [2.75, 3.05) is 10.0 Å². The highest BCUT2D eigenvalue weighted by Crippen LogP contribution is 2.39. The van der Waals surface area contributed by atoms with E-state index in [1.165, 1.54) is 18.3 Å². The Labute approximate surface area is 156 Å². The minimum atomic E-state index is -1.04. The van der Waals surface area contributed by atoms with Crippen molar-refractivity contribution in [3.8, 4) is 11.1 Å². The number of aromatic nitrogens is 2. The summed E-state index contributed by atoms with van der Waals surface area (Å²) in [5.74, 6) is 10.5. The summed E-state index contributed by atoms with van der Waals surface area (Å²) >= 11 is 18.2. The van der Waals surface area contributed by atoms with Gasteiger partial charge in [-0.15, -0.1) is 0 Å². The first-order valence-electron chi connectivity index (χ1n) is 6.34. The van der Waals surface area contributed by atoms with Crippen LogP contribution >= 0.6 is 34.8 Å². The lowest BCUT2D eigenvalue weighted by atomic mass is 10.1. The van der Waals surface area contributed by atoms with E-state index in [1.54, 1.807) is 0 Å². The average molecular weight is 406 g/mol. The third kappa shape index (κ3) is 3.83. The number of rotatable bonds is 3. The van der Waals surface area contributed by atoms with Crippen molar-refractivity contribution < 1.29 is 9.59 Å². The van der Waals surface area contributed by atoms with Gasteiger partial charge >= 0.3 is 12.1 Å². The standard InChI is InChI=1S/C12H11Cl3N8O2/c13-4-1-5(8(15)7(14)2-4)6-3-20-12(23(19)11(17)25)21-9(6)22(18)10(16)24/h1-3H,18-19H2,(H2,16,24)(H2,17,25). The lowest BCUT2D eigenvalue weighted by Crippen LogP contribution is -2.45. The number of nitrogens with zero attached hydrogens (tertiary/aromatic N) is 4. The van der Waals surface area contributed by atoms with Crippen LogP contribution in [0.3, 0.4) is 0 Å². The summed E-state index contributed by atoms with van der Waals surface area (Å²) in [4.78, 5) is 30.4. The average Bonchev–Trinajstić information content (AvgIpc) is 2.56. The zero-order valence-electron chi connectivity index (χ0n) is 12.3. The second-order valence-electron chi connectivity index (χ2n) is 4.57. The summed E-state index contributed by atoms with van der Waals surface area (Å²) in [7, 11) is 0. The molecule has 0 saturated heterocycles. The molecule has 1 aromatic heterocycles. The van der Waals surface area contributed by atoms with Gasteiger partial charge in [-0.05, 0) is 12.1 Å². The lowest BCUT2D eigenvalue weighted by molar-refractivity contribution is 0.253. The molecule has 1 aromatic carbocycles. The van der Waals surface area contributed by atoms with Crippen molar-refractivity contribution in [2.45, 2.75) is 0 Å². The Bertz CT molecular complexity index is 862. The summed E-state index contributed by atoms with van der Waals surface area (Å²) in [6, 6.07) is 0.802. The highest BCUT2D eigenvalue weighted by molar-refractivity contribution is 6.45. The number of hydrazine groups is 2. The third-order valence-electron chi connectivity index (χ3n) is 2.96. The molecule has 0 aliphatic heterocycles. The van der Waals surface area contributed by atoms with Crippen molar-refractivity contribution in [3.05, 3.63) is 33.4 Å². The fourth-order valence-corrected chi connectivity index (χ4v) is 2.51. The molecule has 8 N–H and O–H groups in total. The van der Waals surface area contributed by atoms with Crippen LogP contribution in [0, 0.1) is 0 Å². The second kappa shape index (κ2) is 7.25. The molecule has 0 aliphatic carbocycles. The molecule has 25 heavy (non-hydrogen) atoms. The predicted molar refractivity (Wildman–Crippen MR) is 95.0 cm³/mol. The normalized spacial score (nSPS) is 10.4. The topological polar surface area (TPSA) is 170 Å². The molecule has 0 unspecified atom stereocenters. The number of primary amides is 2. The number of hydrogen-bond acceptors (Lipinski definition) is 6. The Morgan fingerprint density at radius 1 is 0.960 bits per heavy atom. The fourth-order valence-electron chi connectivity index (χ4n) is 1.81. The molecule has 1 heterocycles. The zero-order valence-corrected chi connectivity index (χ0v) is 14.5. The van der Waals surface area contributed by atoms with Gasteiger partial charge < -0.3 is 11.5 Å². The Kier molecular flexibility index (Phi) is 5.50. The van der Waals surface area contributed by atoms with E-state index in [4.69, 9.17) is 58.0 Å². The van der Waals surface area contributed by atoms with Gasteiger partial charge in [-0.25, -0.2) is 31.3 Å². The quantitative estimate of drug-likeness (QED) is 0.261. The summed E-state index contributed by atoms with van der Waals surface area (Å²) in [6.07, 6.45) is 1.21. The lowest BCUT2D eigenvalue weighted by Gasteiger charge is -2.20. The zero-order chi connectivity index (χ0) is 18.9. The Morgan fingerprint density at radius 3 is 2.12 bits per heavy atom. The summed E-state index contributed by atoms with van der Waals surface area (Å²) in [6.45, 7) is 0. The molecular weight excluding hydrogens is 395 g/mol. The first kappa shape index (κ1) is 19.0. The molecule has 0 aliphatic rings. The summed E-state index contributed by atoms with van der Waals surface area (Å²) in [5, 5.41) is 1.50. The van der Waals surface area contributed by atoms with Crippen LogP contribution in [0.5, 0.6) is 0 Å². The van der Waals surface area contributed by atoms with Crippen LogP contribution in [0.15, 0.2) is 18.3 Å². The molecular formula is C12H11Cl3N8O2. The van der Waals surface area contributed by atoms with Gasteiger partial charge in [0.2, 0.25) is 0 Å². The molecule has 0 bridgehead atoms. The number of amides is 4. The van der Waals surface area contributed by atoms with Gasteiger partial charge in [0.25, 0.3) is 5.95 Å². The van der Waals surface area contributed by atoms with Crippen LogP contribution in [0.4, 0.5) is 21.4 Å². The number of urea groups is 2. The molecule has 2 rings (SSSR count). The van der Waals surface area contributed by atoms with Crippen molar-refractivity contribution in [2.24, 2.45) is 23.2 Å². The number of halogens is 3. The monoisotopic (exact) mass is 404 g/mol. The van der Waals surface area contributed by atoms with Crippen LogP contribution in [-0.2, 0) is 0 Å². The van der Waals surface area contributed by atoms with Crippen molar-refractivity contribution in [1.82, 2.24) is 9.97 Å². The highest BCUT2D eigenvalue weighted by Gasteiger charge is 2.22. The van der Waals surface area contributed by atoms with Crippen LogP contribution in [0.2, 0.25) is 15.1 Å². The Morgan fingerprint density at radius 2 is 1.56 bits per heavy atom. The third-order valence-corrected chi connectivity index (χ3v) is 3.98. The van der Waals surface area contributed by atoms with Gasteiger partial charge in [0.15, 0.2) is 5.82 Å². The van der Waals surface area contributed by atoms with E-state index in [9.17, 15) is 9.59 Å². The van der Waals surface area contributed by atoms with E-state index >= 15 is 0 Å². The molecule has 0 saturated carbocycles. The number of hydrogen-bond donors (Lipinski definition) is 4. The van der Waals surface area contributed by atoms with Gasteiger partial charge in [0.1, 0.15) is 0 Å². The number of carbonyl (C=O) groups is 2. The summed E-state index contributed by atoms with van der Waals surface area (Å²) < 4.78 is 0. The van der Waals surface area contributed by atoms with Gasteiger partial charge in [-0.2, -0.15) is 9.99 Å². The predicted octanol–water partition coefficient (Wildman–Crippen LogP) is 1.62. The van der Waals surface area contributed by atoms with E-state index in [0.29, 0.717) is 10.0 Å². The van der Waals surface area contributed by atoms with Crippen LogP contribution < -0.4 is 33.2 Å². The molecule has 0 atom stereocenters. The number of nitrogens with two attached hydrogens (primary N) is 4. The molecule has 0 spiro atoms. The Hall–Kier alpha value is -2.37. The van der Waals surface area contributed by atoms with Gasteiger partial charge in [-0.3, -0.25) is 0 Å². The smallest absolute Gasteiger partial charge is 0.336 e. The number of benzene rings is 1. The maximum Gasteiger partial charge on any atom is 0.336 e. The van der Waals surface area contributed by atoms with Crippen molar-refractivity contribution >= 4 is 58.6 Å². The van der Waals surface area contributed by atoms with Gasteiger partial charge in [0, 0.05) is 22.3 Å². The highest BCUT2D eigenvalue weighted by atomic mass is 35.5. The van der Waals surface area contributed by atoms with E-state index in [0.717, 1.165) is 0 Å². The maximum atomic E-state index is 11.5. The van der Waals surface area contributed by atoms with Crippen LogP contribution in [0.25, 0.3) is 11.1 Å². The van der Waals surface area contributed by atoms with Crippen LogP contribution in [0.1, 0.15) is 0 Å². The molecule has 0 radical (unpaired) electrons. The fraction of sp³-hybridized carbons (Fsp3) is 0. The summed E-state index contributed by atoms with van der Waals surface area (Å²) in [5.41, 5.74) is 10.7.